The molecular formula is C8H6F4N2O3. The van der Waals surface area contributed by atoms with E-state index in [1.807, 2.05) is 0 Å². The van der Waals surface area contributed by atoms with E-state index in [2.05, 4.69) is 9.72 Å². The lowest BCUT2D eigenvalue weighted by atomic mass is 10.2. The molecule has 1 aromatic rings. The molecule has 0 saturated heterocycles. The molecule has 1 rings (SSSR count). The zero-order valence-electron chi connectivity index (χ0n) is 8.42. The highest BCUT2D eigenvalue weighted by molar-refractivity contribution is 5.40. The van der Waals surface area contributed by atoms with Crippen LogP contribution in [0.15, 0.2) is 6.07 Å². The fraction of sp³-hybridized carbons (Fsp3) is 0.375. The maximum atomic E-state index is 12.4. The SMILES string of the molecule is Cc1cc(CF)c([N+](=O)[O-])nc1OC(F)(F)F. The number of aryl methyl sites for hydroxylation is 1. The molecule has 0 radical (unpaired) electrons. The summed E-state index contributed by atoms with van der Waals surface area (Å²) < 4.78 is 51.7. The average molecular weight is 254 g/mol. The summed E-state index contributed by atoms with van der Waals surface area (Å²) in [5.41, 5.74) is -0.539. The highest BCUT2D eigenvalue weighted by atomic mass is 19.4. The van der Waals surface area contributed by atoms with Crippen molar-refractivity contribution >= 4 is 5.82 Å². The van der Waals surface area contributed by atoms with Crippen LogP contribution in [0.1, 0.15) is 11.1 Å². The maximum Gasteiger partial charge on any atom is 0.575 e. The summed E-state index contributed by atoms with van der Waals surface area (Å²) >= 11 is 0. The quantitative estimate of drug-likeness (QED) is 0.472. The van der Waals surface area contributed by atoms with Crippen molar-refractivity contribution in [3.05, 3.63) is 27.3 Å². The molecule has 0 fully saturated rings. The van der Waals surface area contributed by atoms with E-state index >= 15 is 0 Å². The van der Waals surface area contributed by atoms with E-state index in [9.17, 15) is 27.7 Å². The number of halogens is 4. The number of aromatic nitrogens is 1. The fourth-order valence-electron chi connectivity index (χ4n) is 1.11. The number of nitrogens with zero attached hydrogens (tertiary/aromatic N) is 2. The summed E-state index contributed by atoms with van der Waals surface area (Å²) in [6.45, 7) is -0.0204. The van der Waals surface area contributed by atoms with Crippen molar-refractivity contribution in [2.24, 2.45) is 0 Å². The molecule has 0 aromatic carbocycles. The van der Waals surface area contributed by atoms with E-state index in [4.69, 9.17) is 0 Å². The monoisotopic (exact) mass is 254 g/mol. The van der Waals surface area contributed by atoms with Gasteiger partial charge >= 0.3 is 18.1 Å². The molecule has 0 saturated carbocycles. The smallest absolute Gasteiger partial charge is 0.366 e. The third kappa shape index (κ3) is 3.26. The predicted octanol–water partition coefficient (Wildman–Crippen LogP) is 2.67. The fourth-order valence-corrected chi connectivity index (χ4v) is 1.11. The molecule has 0 aliphatic carbocycles. The predicted molar refractivity (Wildman–Crippen MR) is 47.1 cm³/mol. The second kappa shape index (κ2) is 4.52. The first kappa shape index (κ1) is 13.1. The Morgan fingerprint density at radius 2 is 2.12 bits per heavy atom. The number of hydrogen-bond donors (Lipinski definition) is 0. The van der Waals surface area contributed by atoms with Gasteiger partial charge in [0.15, 0.2) is 0 Å². The molecule has 1 aromatic heterocycles. The van der Waals surface area contributed by atoms with Crippen LogP contribution in [0.25, 0.3) is 0 Å². The van der Waals surface area contributed by atoms with Crippen LogP contribution in [0.4, 0.5) is 23.4 Å². The molecule has 0 atom stereocenters. The first-order chi connectivity index (χ1) is 7.74. The molecule has 9 heteroatoms. The summed E-state index contributed by atoms with van der Waals surface area (Å²) in [6, 6.07) is 0.895. The van der Waals surface area contributed by atoms with Gasteiger partial charge in [-0.05, 0) is 17.9 Å². The van der Waals surface area contributed by atoms with E-state index in [-0.39, 0.29) is 5.56 Å². The standard InChI is InChI=1S/C8H6F4N2O3/c1-4-2-5(3-9)6(14(15)16)13-7(4)17-8(10,11)12/h2H,3H2,1H3. The van der Waals surface area contributed by atoms with Gasteiger partial charge < -0.3 is 14.9 Å². The molecule has 0 amide bonds. The van der Waals surface area contributed by atoms with Gasteiger partial charge in [0.05, 0.1) is 5.56 Å². The van der Waals surface area contributed by atoms with E-state index in [0.717, 1.165) is 6.07 Å². The largest absolute Gasteiger partial charge is 0.575 e. The number of pyridine rings is 1. The van der Waals surface area contributed by atoms with Gasteiger partial charge in [-0.15, -0.1) is 13.2 Å². The van der Waals surface area contributed by atoms with Crippen LogP contribution >= 0.6 is 0 Å². The van der Waals surface area contributed by atoms with E-state index in [0.29, 0.717) is 0 Å². The van der Waals surface area contributed by atoms with Gasteiger partial charge in [0, 0.05) is 10.5 Å². The van der Waals surface area contributed by atoms with Gasteiger partial charge in [-0.3, -0.25) is 0 Å². The van der Waals surface area contributed by atoms with Crippen LogP contribution in [-0.4, -0.2) is 16.3 Å². The molecule has 0 unspecified atom stereocenters. The van der Waals surface area contributed by atoms with Crippen LogP contribution in [0.2, 0.25) is 0 Å². The van der Waals surface area contributed by atoms with Crippen molar-refractivity contribution in [1.82, 2.24) is 4.98 Å². The summed E-state index contributed by atoms with van der Waals surface area (Å²) in [4.78, 5) is 12.4. The zero-order chi connectivity index (χ0) is 13.2. The van der Waals surface area contributed by atoms with Gasteiger partial charge in [-0.1, -0.05) is 0 Å². The minimum atomic E-state index is -5.01. The van der Waals surface area contributed by atoms with Crippen molar-refractivity contribution < 1.29 is 27.2 Å². The summed E-state index contributed by atoms with van der Waals surface area (Å²) in [5.74, 6) is -1.95. The maximum absolute atomic E-state index is 12.4. The first-order valence-electron chi connectivity index (χ1n) is 4.21. The van der Waals surface area contributed by atoms with Crippen LogP contribution in [-0.2, 0) is 6.67 Å². The molecule has 0 spiro atoms. The molecule has 0 aliphatic rings. The van der Waals surface area contributed by atoms with Gasteiger partial charge in [0.2, 0.25) is 0 Å². The number of rotatable bonds is 3. The topological polar surface area (TPSA) is 65.3 Å². The molecule has 5 nitrogen and oxygen atoms in total. The van der Waals surface area contributed by atoms with E-state index in [1.54, 1.807) is 0 Å². The Balaban J connectivity index is 3.25. The Kier molecular flexibility index (Phi) is 3.49. The van der Waals surface area contributed by atoms with E-state index in [1.165, 1.54) is 6.92 Å². The van der Waals surface area contributed by atoms with Crippen LogP contribution in [0.5, 0.6) is 5.88 Å². The van der Waals surface area contributed by atoms with Crippen LogP contribution < -0.4 is 4.74 Å². The number of hydrogen-bond acceptors (Lipinski definition) is 4. The lowest BCUT2D eigenvalue weighted by molar-refractivity contribution is -0.390. The molecule has 94 valence electrons. The number of alkyl halides is 4. The first-order valence-corrected chi connectivity index (χ1v) is 4.21. The van der Waals surface area contributed by atoms with Crippen molar-refractivity contribution in [3.63, 3.8) is 0 Å². The minimum absolute atomic E-state index is 0.138. The Morgan fingerprint density at radius 1 is 1.53 bits per heavy atom. The Labute approximate surface area is 92.2 Å². The third-order valence-corrected chi connectivity index (χ3v) is 1.75. The van der Waals surface area contributed by atoms with Crippen LogP contribution in [0.3, 0.4) is 0 Å². The summed E-state index contributed by atoms with van der Waals surface area (Å²) in [6.07, 6.45) is -5.01. The normalized spacial score (nSPS) is 11.4. The molecule has 0 N–H and O–H groups in total. The molecular weight excluding hydrogens is 248 g/mol. The zero-order valence-corrected chi connectivity index (χ0v) is 8.42. The van der Waals surface area contributed by atoms with Gasteiger partial charge in [-0.2, -0.15) is 0 Å². The van der Waals surface area contributed by atoms with Crippen molar-refractivity contribution in [2.45, 2.75) is 20.0 Å². The lowest BCUT2D eigenvalue weighted by Gasteiger charge is -2.08. The number of ether oxygens (including phenoxy) is 1. The lowest BCUT2D eigenvalue weighted by Crippen LogP contribution is -2.19. The Hall–Kier alpha value is -1.93. The second-order valence-corrected chi connectivity index (χ2v) is 3.03. The third-order valence-electron chi connectivity index (χ3n) is 1.75. The van der Waals surface area contributed by atoms with Gasteiger partial charge in [0.25, 0.3) is 0 Å². The Morgan fingerprint density at radius 3 is 2.53 bits per heavy atom. The van der Waals surface area contributed by atoms with Crippen molar-refractivity contribution in [1.29, 1.82) is 0 Å². The average Bonchev–Trinajstić information content (AvgIpc) is 2.18. The highest BCUT2D eigenvalue weighted by Crippen LogP contribution is 2.29. The summed E-state index contributed by atoms with van der Waals surface area (Å²) in [7, 11) is 0. The van der Waals surface area contributed by atoms with Gasteiger partial charge in [0.1, 0.15) is 6.67 Å². The van der Waals surface area contributed by atoms with Crippen molar-refractivity contribution in [2.75, 3.05) is 0 Å². The summed E-state index contributed by atoms with van der Waals surface area (Å²) in [5, 5.41) is 10.4. The molecule has 0 bridgehead atoms. The highest BCUT2D eigenvalue weighted by Gasteiger charge is 2.35. The molecule has 1 heterocycles. The van der Waals surface area contributed by atoms with E-state index < -0.39 is 35.2 Å². The van der Waals surface area contributed by atoms with Crippen LogP contribution in [0, 0.1) is 17.0 Å². The minimum Gasteiger partial charge on any atom is -0.366 e. The number of nitro groups is 1. The van der Waals surface area contributed by atoms with Gasteiger partial charge in [-0.25, -0.2) is 4.39 Å². The second-order valence-electron chi connectivity index (χ2n) is 3.03. The Bertz CT molecular complexity index is 447. The van der Waals surface area contributed by atoms with Crippen molar-refractivity contribution in [3.8, 4) is 5.88 Å². The molecule has 17 heavy (non-hydrogen) atoms. The molecule has 0 aliphatic heterocycles.